The van der Waals surface area contributed by atoms with Crippen LogP contribution in [0, 0.1) is 0 Å². The number of hydrogen-bond acceptors (Lipinski definition) is 4. The molecule has 0 fully saturated rings. The number of carbonyl (C=O) groups is 2. The van der Waals surface area contributed by atoms with Crippen LogP contribution >= 0.6 is 23.5 Å². The minimum atomic E-state index is 0.0532. The molecule has 0 saturated heterocycles. The van der Waals surface area contributed by atoms with Crippen LogP contribution in [-0.4, -0.2) is 21.7 Å². The van der Waals surface area contributed by atoms with Gasteiger partial charge in [0.15, 0.2) is 10.2 Å². The van der Waals surface area contributed by atoms with Crippen LogP contribution in [0.25, 0.3) is 0 Å². The molecule has 0 aromatic carbocycles. The Balaban J connectivity index is 3.50. The van der Waals surface area contributed by atoms with Crippen LogP contribution < -0.4 is 0 Å². The Morgan fingerprint density at radius 2 is 1.29 bits per heavy atom. The Kier molecular flexibility index (Phi) is 8.78. The van der Waals surface area contributed by atoms with Gasteiger partial charge in [-0.15, -0.1) is 13.2 Å². The van der Waals surface area contributed by atoms with Gasteiger partial charge in [-0.1, -0.05) is 35.7 Å². The molecule has 0 aliphatic carbocycles. The molecule has 0 N–H and O–H groups in total. The predicted molar refractivity (Wildman–Crippen MR) is 64.6 cm³/mol. The van der Waals surface area contributed by atoms with E-state index in [4.69, 9.17) is 0 Å². The molecule has 78 valence electrons. The highest BCUT2D eigenvalue weighted by molar-refractivity contribution is 8.14. The van der Waals surface area contributed by atoms with Gasteiger partial charge in [0, 0.05) is 24.3 Å². The average Bonchev–Trinajstić information content (AvgIpc) is 2.20. The number of rotatable bonds is 7. The Morgan fingerprint density at radius 3 is 1.57 bits per heavy atom. The molecule has 0 radical (unpaired) electrons. The molecule has 4 heteroatoms. The topological polar surface area (TPSA) is 34.1 Å². The maximum absolute atomic E-state index is 11.1. The first-order valence-electron chi connectivity index (χ1n) is 4.23. The van der Waals surface area contributed by atoms with Crippen molar-refractivity contribution in [2.45, 2.75) is 12.8 Å². The van der Waals surface area contributed by atoms with Gasteiger partial charge in [-0.25, -0.2) is 0 Å². The van der Waals surface area contributed by atoms with Crippen LogP contribution in [0.4, 0.5) is 0 Å². The number of thioether (sulfide) groups is 2. The summed E-state index contributed by atoms with van der Waals surface area (Å²) >= 11 is 2.41. The summed E-state index contributed by atoms with van der Waals surface area (Å²) in [6, 6.07) is 0. The van der Waals surface area contributed by atoms with Crippen molar-refractivity contribution in [3.63, 3.8) is 0 Å². The fourth-order valence-electron chi connectivity index (χ4n) is 0.652. The monoisotopic (exact) mass is 230 g/mol. The fraction of sp³-hybridized carbons (Fsp3) is 0.400. The van der Waals surface area contributed by atoms with E-state index in [2.05, 4.69) is 13.2 Å². The van der Waals surface area contributed by atoms with Gasteiger partial charge in [-0.3, -0.25) is 9.59 Å². The van der Waals surface area contributed by atoms with Crippen molar-refractivity contribution >= 4 is 33.8 Å². The Morgan fingerprint density at radius 1 is 0.929 bits per heavy atom. The minimum absolute atomic E-state index is 0.0532. The third kappa shape index (κ3) is 8.13. The molecule has 0 amide bonds. The maximum Gasteiger partial charge on any atom is 0.189 e. The normalized spacial score (nSPS) is 9.43. The molecule has 0 heterocycles. The molecule has 0 rings (SSSR count). The minimum Gasteiger partial charge on any atom is -0.287 e. The molecule has 0 spiro atoms. The van der Waals surface area contributed by atoms with Gasteiger partial charge >= 0.3 is 0 Å². The second kappa shape index (κ2) is 9.09. The van der Waals surface area contributed by atoms with Crippen molar-refractivity contribution in [3.05, 3.63) is 25.3 Å². The first-order chi connectivity index (χ1) is 6.70. The van der Waals surface area contributed by atoms with E-state index in [1.165, 1.54) is 23.5 Å². The van der Waals surface area contributed by atoms with E-state index in [9.17, 15) is 9.59 Å². The lowest BCUT2D eigenvalue weighted by molar-refractivity contribution is -0.115. The van der Waals surface area contributed by atoms with Crippen molar-refractivity contribution in [2.75, 3.05) is 11.5 Å². The molecule has 0 aromatic heterocycles. The van der Waals surface area contributed by atoms with Gasteiger partial charge < -0.3 is 0 Å². The molecule has 0 aromatic rings. The Bertz CT molecular complexity index is 200. The lowest BCUT2D eigenvalue weighted by atomic mass is 10.4. The zero-order chi connectivity index (χ0) is 10.8. The zero-order valence-corrected chi connectivity index (χ0v) is 9.66. The molecular weight excluding hydrogens is 216 g/mol. The number of hydrogen-bond donors (Lipinski definition) is 0. The highest BCUT2D eigenvalue weighted by atomic mass is 32.2. The summed E-state index contributed by atoms with van der Waals surface area (Å²) in [4.78, 5) is 22.2. The van der Waals surface area contributed by atoms with Gasteiger partial charge in [-0.2, -0.15) is 0 Å². The first-order valence-corrected chi connectivity index (χ1v) is 6.21. The van der Waals surface area contributed by atoms with Crippen LogP contribution in [0.2, 0.25) is 0 Å². The highest BCUT2D eigenvalue weighted by Crippen LogP contribution is 2.12. The van der Waals surface area contributed by atoms with E-state index in [1.807, 2.05) is 0 Å². The third-order valence-electron chi connectivity index (χ3n) is 1.26. The van der Waals surface area contributed by atoms with Crippen molar-refractivity contribution in [3.8, 4) is 0 Å². The van der Waals surface area contributed by atoms with E-state index < -0.39 is 0 Å². The standard InChI is InChI=1S/C10H14O2S2/c1-3-7-13-9(11)5-6-10(12)14-8-4-2/h3-4H,1-2,5-8H2. The van der Waals surface area contributed by atoms with E-state index >= 15 is 0 Å². The molecule has 14 heavy (non-hydrogen) atoms. The lowest BCUT2D eigenvalue weighted by Gasteiger charge is -1.97. The van der Waals surface area contributed by atoms with Crippen LogP contribution in [-0.2, 0) is 9.59 Å². The summed E-state index contributed by atoms with van der Waals surface area (Å²) in [7, 11) is 0. The van der Waals surface area contributed by atoms with E-state index in [0.29, 0.717) is 24.3 Å². The second-order valence-corrected chi connectivity index (χ2v) is 4.60. The van der Waals surface area contributed by atoms with Crippen LogP contribution in [0.1, 0.15) is 12.8 Å². The summed E-state index contributed by atoms with van der Waals surface area (Å²) in [5.74, 6) is 1.24. The van der Waals surface area contributed by atoms with Crippen molar-refractivity contribution in [2.24, 2.45) is 0 Å². The largest absolute Gasteiger partial charge is 0.287 e. The van der Waals surface area contributed by atoms with E-state index in [0.717, 1.165) is 0 Å². The Hall–Kier alpha value is -0.480. The van der Waals surface area contributed by atoms with E-state index in [-0.39, 0.29) is 10.2 Å². The smallest absolute Gasteiger partial charge is 0.189 e. The molecule has 0 aliphatic rings. The molecule has 0 unspecified atom stereocenters. The van der Waals surface area contributed by atoms with Gasteiger partial charge in [0.2, 0.25) is 0 Å². The molecule has 0 bridgehead atoms. The molecule has 0 saturated carbocycles. The highest BCUT2D eigenvalue weighted by Gasteiger charge is 2.06. The molecule has 0 atom stereocenters. The maximum atomic E-state index is 11.1. The summed E-state index contributed by atoms with van der Waals surface area (Å²) in [5, 5.41) is 0.106. The Labute approximate surface area is 93.2 Å². The van der Waals surface area contributed by atoms with Crippen molar-refractivity contribution < 1.29 is 9.59 Å². The van der Waals surface area contributed by atoms with Crippen molar-refractivity contribution in [1.82, 2.24) is 0 Å². The average molecular weight is 230 g/mol. The molecule has 0 aliphatic heterocycles. The van der Waals surface area contributed by atoms with Gasteiger partial charge in [-0.05, 0) is 0 Å². The molecular formula is C10H14O2S2. The van der Waals surface area contributed by atoms with Crippen molar-refractivity contribution in [1.29, 1.82) is 0 Å². The third-order valence-corrected chi connectivity index (χ3v) is 3.11. The summed E-state index contributed by atoms with van der Waals surface area (Å²) in [6.07, 6.45) is 4.00. The summed E-state index contributed by atoms with van der Waals surface area (Å²) in [6.45, 7) is 7.03. The zero-order valence-electron chi connectivity index (χ0n) is 8.03. The SMILES string of the molecule is C=CCSC(=O)CCC(=O)SCC=C. The van der Waals surface area contributed by atoms with Crippen LogP contribution in [0.15, 0.2) is 25.3 Å². The second-order valence-electron chi connectivity index (χ2n) is 2.44. The number of carbonyl (C=O) groups excluding carboxylic acids is 2. The lowest BCUT2D eigenvalue weighted by Crippen LogP contribution is -1.98. The quantitative estimate of drug-likeness (QED) is 0.630. The van der Waals surface area contributed by atoms with E-state index in [1.54, 1.807) is 12.2 Å². The van der Waals surface area contributed by atoms with Gasteiger partial charge in [0.25, 0.3) is 0 Å². The fourth-order valence-corrected chi connectivity index (χ4v) is 1.75. The summed E-state index contributed by atoms with van der Waals surface area (Å²) < 4.78 is 0. The van der Waals surface area contributed by atoms with Crippen LogP contribution in [0.3, 0.4) is 0 Å². The predicted octanol–water partition coefficient (Wildman–Crippen LogP) is 2.66. The van der Waals surface area contributed by atoms with Crippen LogP contribution in [0.5, 0.6) is 0 Å². The first kappa shape index (κ1) is 13.5. The molecule has 2 nitrogen and oxygen atoms in total. The summed E-state index contributed by atoms with van der Waals surface area (Å²) in [5.41, 5.74) is 0. The van der Waals surface area contributed by atoms with Gasteiger partial charge in [0.05, 0.1) is 0 Å². The van der Waals surface area contributed by atoms with Gasteiger partial charge in [0.1, 0.15) is 0 Å².